The average Bonchev–Trinajstić information content (AvgIpc) is 2.45. The van der Waals surface area contributed by atoms with Gasteiger partial charge in [-0.2, -0.15) is 5.10 Å². The van der Waals surface area contributed by atoms with Gasteiger partial charge in [-0.15, -0.1) is 0 Å². The van der Waals surface area contributed by atoms with E-state index in [-0.39, 0.29) is 17.8 Å². The number of rotatable bonds is 3. The van der Waals surface area contributed by atoms with Crippen LogP contribution in [0.15, 0.2) is 29.4 Å². The van der Waals surface area contributed by atoms with Crippen LogP contribution in [0, 0.1) is 5.82 Å². The molecule has 4 nitrogen and oxygen atoms in total. The lowest BCUT2D eigenvalue weighted by atomic mass is 10.0. The molecule has 5 heteroatoms. The van der Waals surface area contributed by atoms with Gasteiger partial charge in [0.1, 0.15) is 11.9 Å². The molecule has 1 heterocycles. The van der Waals surface area contributed by atoms with Gasteiger partial charge in [0.05, 0.1) is 13.3 Å². The Bertz CT molecular complexity index is 476. The fourth-order valence-corrected chi connectivity index (χ4v) is 2.16. The molecule has 1 aromatic carbocycles. The molecule has 0 saturated carbocycles. The zero-order chi connectivity index (χ0) is 13.7. The minimum absolute atomic E-state index is 0.268. The van der Waals surface area contributed by atoms with Crippen LogP contribution in [-0.4, -0.2) is 36.9 Å². The number of esters is 1. The molecular weight excluding hydrogens is 247 g/mol. The van der Waals surface area contributed by atoms with Crippen LogP contribution in [-0.2, 0) is 9.53 Å². The summed E-state index contributed by atoms with van der Waals surface area (Å²) >= 11 is 0. The van der Waals surface area contributed by atoms with Crippen LogP contribution in [0.5, 0.6) is 0 Å². The van der Waals surface area contributed by atoms with E-state index in [1.54, 1.807) is 23.4 Å². The number of halogens is 1. The second kappa shape index (κ2) is 6.31. The maximum absolute atomic E-state index is 13.0. The van der Waals surface area contributed by atoms with Gasteiger partial charge in [0.15, 0.2) is 0 Å². The summed E-state index contributed by atoms with van der Waals surface area (Å²) in [4.78, 5) is 11.6. The van der Waals surface area contributed by atoms with Crippen LogP contribution >= 0.6 is 0 Å². The second-order valence-corrected chi connectivity index (χ2v) is 4.50. The van der Waals surface area contributed by atoms with Crippen molar-refractivity contribution in [1.82, 2.24) is 5.01 Å². The van der Waals surface area contributed by atoms with Crippen molar-refractivity contribution in [2.45, 2.75) is 25.3 Å². The molecule has 102 valence electrons. The molecule has 1 saturated heterocycles. The molecule has 0 spiro atoms. The number of hydrogen-bond donors (Lipinski definition) is 0. The molecule has 1 unspecified atom stereocenters. The van der Waals surface area contributed by atoms with E-state index in [0.29, 0.717) is 12.1 Å². The fraction of sp³-hybridized carbons (Fsp3) is 0.429. The maximum atomic E-state index is 13.0. The van der Waals surface area contributed by atoms with E-state index in [2.05, 4.69) is 5.10 Å². The van der Waals surface area contributed by atoms with Crippen molar-refractivity contribution in [2.75, 3.05) is 13.7 Å². The van der Waals surface area contributed by atoms with Gasteiger partial charge < -0.3 is 4.74 Å². The minimum Gasteiger partial charge on any atom is -0.467 e. The molecule has 1 fully saturated rings. The highest BCUT2D eigenvalue weighted by Crippen LogP contribution is 2.18. The van der Waals surface area contributed by atoms with E-state index in [4.69, 9.17) is 4.74 Å². The first-order valence-corrected chi connectivity index (χ1v) is 6.35. The van der Waals surface area contributed by atoms with Gasteiger partial charge in [-0.3, -0.25) is 5.01 Å². The van der Waals surface area contributed by atoms with Crippen molar-refractivity contribution < 1.29 is 13.9 Å². The maximum Gasteiger partial charge on any atom is 0.330 e. The van der Waals surface area contributed by atoms with Crippen LogP contribution in [0.3, 0.4) is 0 Å². The Morgan fingerprint density at radius 2 is 2.37 bits per heavy atom. The van der Waals surface area contributed by atoms with Crippen LogP contribution in [0.4, 0.5) is 4.39 Å². The number of piperidine rings is 1. The molecule has 0 aliphatic carbocycles. The molecule has 1 aliphatic rings. The first-order valence-electron chi connectivity index (χ1n) is 6.35. The van der Waals surface area contributed by atoms with E-state index >= 15 is 0 Å². The summed E-state index contributed by atoms with van der Waals surface area (Å²) in [6.07, 6.45) is 4.30. The van der Waals surface area contributed by atoms with Gasteiger partial charge in [0.2, 0.25) is 0 Å². The lowest BCUT2D eigenvalue weighted by Crippen LogP contribution is -2.42. The highest BCUT2D eigenvalue weighted by Gasteiger charge is 2.28. The zero-order valence-electron chi connectivity index (χ0n) is 10.9. The monoisotopic (exact) mass is 264 g/mol. The number of carbonyl (C=O) groups excluding carboxylic acids is 1. The number of benzene rings is 1. The molecule has 19 heavy (non-hydrogen) atoms. The number of hydrogen-bond acceptors (Lipinski definition) is 4. The Morgan fingerprint density at radius 1 is 1.53 bits per heavy atom. The largest absolute Gasteiger partial charge is 0.467 e. The second-order valence-electron chi connectivity index (χ2n) is 4.50. The molecule has 0 N–H and O–H groups in total. The van der Waals surface area contributed by atoms with Crippen molar-refractivity contribution in [3.8, 4) is 0 Å². The minimum atomic E-state index is -0.330. The van der Waals surface area contributed by atoms with Crippen molar-refractivity contribution in [3.63, 3.8) is 0 Å². The number of ether oxygens (including phenoxy) is 1. The van der Waals surface area contributed by atoms with Crippen molar-refractivity contribution in [1.29, 1.82) is 0 Å². The average molecular weight is 264 g/mol. The molecule has 0 amide bonds. The van der Waals surface area contributed by atoms with Gasteiger partial charge in [-0.1, -0.05) is 12.1 Å². The number of methoxy groups -OCH3 is 1. The Morgan fingerprint density at radius 3 is 3.11 bits per heavy atom. The molecule has 0 aromatic heterocycles. The zero-order valence-corrected chi connectivity index (χ0v) is 10.9. The summed E-state index contributed by atoms with van der Waals surface area (Å²) in [7, 11) is 1.38. The van der Waals surface area contributed by atoms with Gasteiger partial charge >= 0.3 is 5.97 Å². The SMILES string of the molecule is COC(=O)C1CCCCN1N=Cc1cccc(F)c1. The van der Waals surface area contributed by atoms with Crippen molar-refractivity contribution in [2.24, 2.45) is 5.10 Å². The quantitative estimate of drug-likeness (QED) is 0.620. The summed E-state index contributed by atoms with van der Waals surface area (Å²) in [5, 5.41) is 6.01. The van der Waals surface area contributed by atoms with E-state index in [9.17, 15) is 9.18 Å². The third-order valence-electron chi connectivity index (χ3n) is 3.15. The molecular formula is C14H17FN2O2. The Balaban J connectivity index is 2.09. The lowest BCUT2D eigenvalue weighted by molar-refractivity contribution is -0.148. The predicted molar refractivity (Wildman–Crippen MR) is 70.4 cm³/mol. The fourth-order valence-electron chi connectivity index (χ4n) is 2.16. The number of nitrogens with zero attached hydrogens (tertiary/aromatic N) is 2. The lowest BCUT2D eigenvalue weighted by Gasteiger charge is -2.31. The number of hydrazone groups is 1. The Kier molecular flexibility index (Phi) is 4.49. The van der Waals surface area contributed by atoms with E-state index in [1.165, 1.54) is 19.2 Å². The molecule has 0 bridgehead atoms. The molecule has 1 atom stereocenters. The predicted octanol–water partition coefficient (Wildman–Crippen LogP) is 2.19. The van der Waals surface area contributed by atoms with Gasteiger partial charge in [0, 0.05) is 6.54 Å². The third kappa shape index (κ3) is 3.53. The summed E-state index contributed by atoms with van der Waals surface area (Å²) in [5.41, 5.74) is 0.675. The highest BCUT2D eigenvalue weighted by molar-refractivity contribution is 5.80. The highest BCUT2D eigenvalue weighted by atomic mass is 19.1. The van der Waals surface area contributed by atoms with E-state index in [1.807, 2.05) is 0 Å². The van der Waals surface area contributed by atoms with Crippen LogP contribution < -0.4 is 0 Å². The summed E-state index contributed by atoms with van der Waals surface area (Å²) < 4.78 is 17.8. The van der Waals surface area contributed by atoms with E-state index in [0.717, 1.165) is 19.3 Å². The topological polar surface area (TPSA) is 41.9 Å². The molecule has 1 aromatic rings. The molecule has 2 rings (SSSR count). The van der Waals surface area contributed by atoms with Crippen molar-refractivity contribution in [3.05, 3.63) is 35.6 Å². The standard InChI is InChI=1S/C14H17FN2O2/c1-19-14(18)13-7-2-3-8-17(13)16-10-11-5-4-6-12(15)9-11/h4-6,9-10,13H,2-3,7-8H2,1H3. The summed E-state index contributed by atoms with van der Waals surface area (Å²) in [6.45, 7) is 0.714. The number of carbonyl (C=O) groups is 1. The van der Waals surface area contributed by atoms with Crippen molar-refractivity contribution >= 4 is 12.2 Å². The normalized spacial score (nSPS) is 19.7. The van der Waals surface area contributed by atoms with E-state index < -0.39 is 0 Å². The molecule has 0 radical (unpaired) electrons. The third-order valence-corrected chi connectivity index (χ3v) is 3.15. The summed E-state index contributed by atoms with van der Waals surface area (Å²) in [5.74, 6) is -0.566. The van der Waals surface area contributed by atoms with Crippen LogP contribution in [0.1, 0.15) is 24.8 Å². The van der Waals surface area contributed by atoms with Gasteiger partial charge in [0.25, 0.3) is 0 Å². The van der Waals surface area contributed by atoms with Crippen LogP contribution in [0.2, 0.25) is 0 Å². The van der Waals surface area contributed by atoms with Gasteiger partial charge in [-0.25, -0.2) is 9.18 Å². The first kappa shape index (κ1) is 13.5. The first-order chi connectivity index (χ1) is 9.20. The Labute approximate surface area is 111 Å². The molecule has 1 aliphatic heterocycles. The summed E-state index contributed by atoms with van der Waals surface area (Å²) in [6, 6.07) is 5.85. The Hall–Kier alpha value is -1.91. The van der Waals surface area contributed by atoms with Gasteiger partial charge in [-0.05, 0) is 37.0 Å². The van der Waals surface area contributed by atoms with Crippen LogP contribution in [0.25, 0.3) is 0 Å². The smallest absolute Gasteiger partial charge is 0.330 e.